The molecule has 0 aromatic carbocycles. The number of carbonyl (C=O) groups excluding carboxylic acids is 3. The molecule has 0 unspecified atom stereocenters. The molecule has 4 aliphatic carbocycles. The monoisotopic (exact) mass is 416 g/mol. The lowest BCUT2D eigenvalue weighted by atomic mass is 9.43. The van der Waals surface area contributed by atoms with E-state index in [1.165, 1.54) is 13.8 Å². The Hall–Kier alpha value is -1.95. The molecular weight excluding hydrogens is 384 g/mol. The number of allylic oxidation sites excluding steroid dienone is 2. The number of carbonyl (C=O) groups is 3. The molecule has 0 aliphatic heterocycles. The molecule has 0 aromatic rings. The predicted molar refractivity (Wildman–Crippen MR) is 109 cm³/mol. The van der Waals surface area contributed by atoms with E-state index in [1.807, 2.05) is 19.9 Å². The van der Waals surface area contributed by atoms with Gasteiger partial charge in [0, 0.05) is 42.4 Å². The fourth-order valence-electron chi connectivity index (χ4n) is 8.32. The third kappa shape index (κ3) is 1.97. The summed E-state index contributed by atoms with van der Waals surface area (Å²) in [4.78, 5) is 37.4. The van der Waals surface area contributed by atoms with Crippen LogP contribution in [0.5, 0.6) is 0 Å². The van der Waals surface area contributed by atoms with Crippen molar-refractivity contribution in [3.05, 3.63) is 24.3 Å². The van der Waals surface area contributed by atoms with Crippen molar-refractivity contribution in [3.8, 4) is 0 Å². The molecule has 4 rings (SSSR count). The summed E-state index contributed by atoms with van der Waals surface area (Å²) in [5.74, 6) is -1.23. The molecule has 3 fully saturated rings. The Kier molecular flexibility index (Phi) is 4.30. The van der Waals surface area contributed by atoms with Gasteiger partial charge in [-0.2, -0.15) is 0 Å². The molecule has 0 radical (unpaired) electrons. The minimum Gasteiger partial charge on any atom is -0.459 e. The molecule has 3 saturated carbocycles. The number of ether oxygens (including phenoxy) is 2. The van der Waals surface area contributed by atoms with Crippen LogP contribution >= 0.6 is 0 Å². The largest absolute Gasteiger partial charge is 0.459 e. The molecule has 6 nitrogen and oxygen atoms in total. The SMILES string of the molecule is C=C1C=C[C@H](OC(C)=O)[C@@]2(C)[C@@H](O)[C@H](OC(C)=O)[C@]34[C@H](C)C(=O)C[C@@H](C[C@]123)C4(C)C. The quantitative estimate of drug-likeness (QED) is 0.696. The normalized spacial score (nSPS) is 48.2. The van der Waals surface area contributed by atoms with Crippen LogP contribution in [0.25, 0.3) is 0 Å². The van der Waals surface area contributed by atoms with Gasteiger partial charge in [-0.05, 0) is 29.4 Å². The number of esters is 2. The van der Waals surface area contributed by atoms with Gasteiger partial charge in [-0.1, -0.05) is 40.3 Å². The Morgan fingerprint density at radius 3 is 2.33 bits per heavy atom. The lowest BCUT2D eigenvalue weighted by molar-refractivity contribution is -0.188. The van der Waals surface area contributed by atoms with Gasteiger partial charge in [0.05, 0.1) is 0 Å². The van der Waals surface area contributed by atoms with Crippen LogP contribution in [-0.2, 0) is 23.9 Å². The highest BCUT2D eigenvalue weighted by Gasteiger charge is 2.88. The van der Waals surface area contributed by atoms with Gasteiger partial charge in [0.25, 0.3) is 0 Å². The zero-order valence-electron chi connectivity index (χ0n) is 18.7. The smallest absolute Gasteiger partial charge is 0.303 e. The average Bonchev–Trinajstić information content (AvgIpc) is 2.88. The van der Waals surface area contributed by atoms with Gasteiger partial charge < -0.3 is 14.6 Å². The summed E-state index contributed by atoms with van der Waals surface area (Å²) in [6.07, 6.45) is 1.96. The summed E-state index contributed by atoms with van der Waals surface area (Å²) in [7, 11) is 0. The lowest BCUT2D eigenvalue weighted by Gasteiger charge is -2.59. The van der Waals surface area contributed by atoms with E-state index in [9.17, 15) is 19.5 Å². The molecule has 2 spiro atoms. The molecule has 0 saturated heterocycles. The number of ketones is 1. The zero-order chi connectivity index (χ0) is 22.4. The summed E-state index contributed by atoms with van der Waals surface area (Å²) < 4.78 is 11.6. The van der Waals surface area contributed by atoms with E-state index < -0.39 is 57.8 Å². The van der Waals surface area contributed by atoms with Crippen molar-refractivity contribution < 1.29 is 29.0 Å². The van der Waals surface area contributed by atoms with Gasteiger partial charge in [-0.3, -0.25) is 14.4 Å². The van der Waals surface area contributed by atoms with E-state index in [4.69, 9.17) is 9.47 Å². The van der Waals surface area contributed by atoms with Gasteiger partial charge in [0.15, 0.2) is 0 Å². The number of aliphatic hydroxyl groups excluding tert-OH is 1. The molecule has 30 heavy (non-hydrogen) atoms. The third-order valence-corrected chi connectivity index (χ3v) is 9.43. The van der Waals surface area contributed by atoms with Gasteiger partial charge in [0.1, 0.15) is 24.1 Å². The van der Waals surface area contributed by atoms with E-state index in [0.29, 0.717) is 12.8 Å². The van der Waals surface area contributed by atoms with Crippen LogP contribution in [-0.4, -0.2) is 41.1 Å². The first-order valence-electron chi connectivity index (χ1n) is 10.7. The maximum absolute atomic E-state index is 13.2. The van der Waals surface area contributed by atoms with E-state index in [1.54, 1.807) is 6.08 Å². The second-order valence-corrected chi connectivity index (χ2v) is 10.5. The van der Waals surface area contributed by atoms with Gasteiger partial charge in [-0.15, -0.1) is 0 Å². The number of hydrogen-bond acceptors (Lipinski definition) is 6. The van der Waals surface area contributed by atoms with E-state index in [0.717, 1.165) is 5.57 Å². The Balaban J connectivity index is 2.09. The van der Waals surface area contributed by atoms with Crippen LogP contribution in [0.2, 0.25) is 0 Å². The molecule has 4 aliphatic rings. The minimum atomic E-state index is -1.12. The maximum atomic E-state index is 13.2. The first-order chi connectivity index (χ1) is 13.8. The Labute approximate surface area is 177 Å². The van der Waals surface area contributed by atoms with Gasteiger partial charge in [0.2, 0.25) is 0 Å². The van der Waals surface area contributed by atoms with Crippen molar-refractivity contribution in [2.24, 2.45) is 33.5 Å². The lowest BCUT2D eigenvalue weighted by Crippen LogP contribution is -2.62. The summed E-state index contributed by atoms with van der Waals surface area (Å²) in [5.41, 5.74) is -2.21. The van der Waals surface area contributed by atoms with E-state index in [-0.39, 0.29) is 11.7 Å². The second kappa shape index (κ2) is 6.06. The maximum Gasteiger partial charge on any atom is 0.303 e. The van der Waals surface area contributed by atoms with Crippen molar-refractivity contribution >= 4 is 17.7 Å². The van der Waals surface area contributed by atoms with Crippen LogP contribution in [0, 0.1) is 33.5 Å². The topological polar surface area (TPSA) is 89.9 Å². The van der Waals surface area contributed by atoms with Crippen molar-refractivity contribution in [2.75, 3.05) is 0 Å². The van der Waals surface area contributed by atoms with Crippen molar-refractivity contribution in [2.45, 2.75) is 72.7 Å². The number of Topliss-reactive ketones (excluding diaryl/α,β-unsaturated/α-hetero) is 1. The van der Waals surface area contributed by atoms with Gasteiger partial charge >= 0.3 is 11.9 Å². The Bertz CT molecular complexity index is 886. The second-order valence-electron chi connectivity index (χ2n) is 10.5. The number of hydrogen-bond donors (Lipinski definition) is 1. The summed E-state index contributed by atoms with van der Waals surface area (Å²) in [6, 6.07) is 0. The fraction of sp³-hybridized carbons (Fsp3) is 0.708. The fourth-order valence-corrected chi connectivity index (χ4v) is 8.32. The van der Waals surface area contributed by atoms with Crippen LogP contribution < -0.4 is 0 Å². The molecule has 6 heteroatoms. The Morgan fingerprint density at radius 2 is 1.77 bits per heavy atom. The average molecular weight is 417 g/mol. The van der Waals surface area contributed by atoms with Crippen LogP contribution in [0.1, 0.15) is 54.4 Å². The molecule has 1 N–H and O–H groups in total. The molecular formula is C24H32O6. The van der Waals surface area contributed by atoms with Crippen molar-refractivity contribution in [1.29, 1.82) is 0 Å². The molecule has 164 valence electrons. The van der Waals surface area contributed by atoms with Crippen LogP contribution in [0.4, 0.5) is 0 Å². The highest BCUT2D eigenvalue weighted by atomic mass is 16.6. The molecule has 0 aromatic heterocycles. The first-order valence-corrected chi connectivity index (χ1v) is 10.7. The number of aliphatic hydroxyl groups is 1. The summed E-state index contributed by atoms with van der Waals surface area (Å²) in [6.45, 7) is 15.1. The van der Waals surface area contributed by atoms with Gasteiger partial charge in [-0.25, -0.2) is 0 Å². The highest BCUT2D eigenvalue weighted by molar-refractivity contribution is 5.85. The summed E-state index contributed by atoms with van der Waals surface area (Å²) in [5, 5.41) is 11.8. The van der Waals surface area contributed by atoms with Crippen molar-refractivity contribution in [1.82, 2.24) is 0 Å². The van der Waals surface area contributed by atoms with E-state index >= 15 is 0 Å². The molecule has 0 heterocycles. The minimum absolute atomic E-state index is 0.0484. The molecule has 0 amide bonds. The molecule has 2 bridgehead atoms. The summed E-state index contributed by atoms with van der Waals surface area (Å²) >= 11 is 0. The van der Waals surface area contributed by atoms with Crippen LogP contribution in [0.3, 0.4) is 0 Å². The number of rotatable bonds is 2. The Morgan fingerprint density at radius 1 is 1.17 bits per heavy atom. The zero-order valence-corrected chi connectivity index (χ0v) is 18.7. The van der Waals surface area contributed by atoms with Crippen LogP contribution in [0.15, 0.2) is 24.3 Å². The number of fused-ring (bicyclic) bond motifs is 1. The first kappa shape index (κ1) is 21.3. The van der Waals surface area contributed by atoms with Crippen molar-refractivity contribution in [3.63, 3.8) is 0 Å². The molecule has 8 atom stereocenters. The standard InChI is InChI=1S/C24H32O6/c1-12-8-9-18(29-14(3)25)22(7)19(28)20(30-15(4)26)24-13(2)17(27)10-16(21(24,5)6)11-23(12,22)24/h8-9,13,16,18-20,28H,1,10-11H2,2-7H3/t13-,16+,18+,19+,20+,22+,23+,24+/m1/s1. The highest BCUT2D eigenvalue weighted by Crippen LogP contribution is 2.85. The predicted octanol–water partition coefficient (Wildman–Crippen LogP) is 2.98. The third-order valence-electron chi connectivity index (χ3n) is 9.43. The van der Waals surface area contributed by atoms with E-state index in [2.05, 4.69) is 20.4 Å².